The van der Waals surface area contributed by atoms with Gasteiger partial charge in [-0.1, -0.05) is 0 Å². The van der Waals surface area contributed by atoms with E-state index in [9.17, 15) is 9.90 Å². The summed E-state index contributed by atoms with van der Waals surface area (Å²) >= 11 is 0. The molecule has 0 aromatic heterocycles. The fraction of sp³-hybridized carbons (Fsp3) is 0.273. The minimum atomic E-state index is -0.403. The lowest BCUT2D eigenvalue weighted by Crippen LogP contribution is -2.20. The summed E-state index contributed by atoms with van der Waals surface area (Å²) < 4.78 is 4.68. The molecule has 0 unspecified atom stereocenters. The second kappa shape index (κ2) is 6.37. The normalized spacial score (nSPS) is 10.4. The van der Waals surface area contributed by atoms with E-state index in [1.54, 1.807) is 6.92 Å². The van der Waals surface area contributed by atoms with Crippen molar-refractivity contribution in [3.05, 3.63) is 23.8 Å². The summed E-state index contributed by atoms with van der Waals surface area (Å²) in [6.45, 7) is 2.00. The number of hydrogen-bond donors (Lipinski definition) is 3. The maximum Gasteiger partial charge on any atom is 0.327 e. The number of phenolic OH excluding ortho intramolecular Hbond substituents is 2. The summed E-state index contributed by atoms with van der Waals surface area (Å²) in [5.74, 6) is -0.523. The smallest absolute Gasteiger partial charge is 0.327 e. The van der Waals surface area contributed by atoms with Crippen molar-refractivity contribution < 1.29 is 19.7 Å². The molecule has 6 nitrogen and oxygen atoms in total. The molecule has 0 fully saturated rings. The Labute approximate surface area is 98.5 Å². The SMILES string of the molecule is CCOC(=O)CN/N=C/c1ccc(O)cc1O. The Morgan fingerprint density at radius 2 is 2.29 bits per heavy atom. The van der Waals surface area contributed by atoms with E-state index >= 15 is 0 Å². The molecule has 0 radical (unpaired) electrons. The summed E-state index contributed by atoms with van der Waals surface area (Å²) in [4.78, 5) is 10.9. The van der Waals surface area contributed by atoms with Crippen LogP contribution in [0.2, 0.25) is 0 Å². The molecule has 0 bridgehead atoms. The Kier molecular flexibility index (Phi) is 4.80. The van der Waals surface area contributed by atoms with Gasteiger partial charge in [0.25, 0.3) is 0 Å². The van der Waals surface area contributed by atoms with Crippen molar-refractivity contribution in [3.8, 4) is 11.5 Å². The van der Waals surface area contributed by atoms with Crippen molar-refractivity contribution in [1.29, 1.82) is 0 Å². The largest absolute Gasteiger partial charge is 0.508 e. The number of nitrogens with zero attached hydrogens (tertiary/aromatic N) is 1. The summed E-state index contributed by atoms with van der Waals surface area (Å²) in [5.41, 5.74) is 2.91. The maximum absolute atomic E-state index is 10.9. The number of benzene rings is 1. The van der Waals surface area contributed by atoms with Crippen LogP contribution in [0, 0.1) is 0 Å². The Hall–Kier alpha value is -2.24. The highest BCUT2D eigenvalue weighted by Crippen LogP contribution is 2.20. The Morgan fingerprint density at radius 3 is 2.94 bits per heavy atom. The van der Waals surface area contributed by atoms with E-state index < -0.39 is 5.97 Å². The number of hydrazone groups is 1. The van der Waals surface area contributed by atoms with Crippen molar-refractivity contribution in [2.24, 2.45) is 5.10 Å². The van der Waals surface area contributed by atoms with Gasteiger partial charge in [-0.15, -0.1) is 0 Å². The fourth-order valence-electron chi connectivity index (χ4n) is 1.08. The molecule has 0 saturated carbocycles. The molecule has 3 N–H and O–H groups in total. The number of ether oxygens (including phenoxy) is 1. The van der Waals surface area contributed by atoms with E-state index in [-0.39, 0.29) is 18.0 Å². The number of nitrogens with one attached hydrogen (secondary N) is 1. The maximum atomic E-state index is 10.9. The number of carbonyl (C=O) groups excluding carboxylic acids is 1. The van der Waals surface area contributed by atoms with Gasteiger partial charge in [0, 0.05) is 11.6 Å². The number of aromatic hydroxyl groups is 2. The molecule has 0 saturated heterocycles. The van der Waals surface area contributed by atoms with E-state index in [1.165, 1.54) is 24.4 Å². The molecule has 1 rings (SSSR count). The van der Waals surface area contributed by atoms with Gasteiger partial charge in [0.2, 0.25) is 0 Å². The van der Waals surface area contributed by atoms with E-state index in [1.807, 2.05) is 0 Å². The summed E-state index contributed by atoms with van der Waals surface area (Å²) in [6.07, 6.45) is 1.34. The van der Waals surface area contributed by atoms with Crippen LogP contribution in [0.5, 0.6) is 11.5 Å². The van der Waals surface area contributed by atoms with Gasteiger partial charge in [-0.2, -0.15) is 5.10 Å². The second-order valence-corrected chi connectivity index (χ2v) is 3.14. The van der Waals surface area contributed by atoms with Gasteiger partial charge in [0.05, 0.1) is 12.8 Å². The van der Waals surface area contributed by atoms with Gasteiger partial charge >= 0.3 is 5.97 Å². The highest BCUT2D eigenvalue weighted by Gasteiger charge is 2.00. The molecule has 92 valence electrons. The molecular weight excluding hydrogens is 224 g/mol. The van der Waals surface area contributed by atoms with Crippen LogP contribution < -0.4 is 5.43 Å². The lowest BCUT2D eigenvalue weighted by atomic mass is 10.2. The third-order valence-electron chi connectivity index (χ3n) is 1.84. The zero-order valence-electron chi connectivity index (χ0n) is 9.38. The second-order valence-electron chi connectivity index (χ2n) is 3.14. The van der Waals surface area contributed by atoms with Gasteiger partial charge in [0.1, 0.15) is 18.0 Å². The van der Waals surface area contributed by atoms with Crippen LogP contribution in [0.15, 0.2) is 23.3 Å². The van der Waals surface area contributed by atoms with Gasteiger partial charge < -0.3 is 14.9 Å². The van der Waals surface area contributed by atoms with Crippen LogP contribution in [0.1, 0.15) is 12.5 Å². The zero-order valence-corrected chi connectivity index (χ0v) is 9.38. The molecule has 0 heterocycles. The number of carbonyl (C=O) groups is 1. The van der Waals surface area contributed by atoms with Crippen molar-refractivity contribution in [2.45, 2.75) is 6.92 Å². The average molecular weight is 238 g/mol. The predicted molar refractivity (Wildman–Crippen MR) is 62.0 cm³/mol. The fourth-order valence-corrected chi connectivity index (χ4v) is 1.08. The van der Waals surface area contributed by atoms with Gasteiger partial charge in [-0.3, -0.25) is 10.2 Å². The van der Waals surface area contributed by atoms with E-state index in [4.69, 9.17) is 5.11 Å². The molecule has 1 aromatic rings. The number of esters is 1. The van der Waals surface area contributed by atoms with E-state index in [0.29, 0.717) is 12.2 Å². The van der Waals surface area contributed by atoms with Crippen LogP contribution in [0.25, 0.3) is 0 Å². The number of phenols is 2. The van der Waals surface area contributed by atoms with Gasteiger partial charge in [0.15, 0.2) is 0 Å². The topological polar surface area (TPSA) is 91.2 Å². The van der Waals surface area contributed by atoms with Gasteiger partial charge in [-0.25, -0.2) is 0 Å². The van der Waals surface area contributed by atoms with Crippen LogP contribution in [0.3, 0.4) is 0 Å². The van der Waals surface area contributed by atoms with Crippen molar-refractivity contribution >= 4 is 12.2 Å². The van der Waals surface area contributed by atoms with E-state index in [2.05, 4.69) is 15.3 Å². The third-order valence-corrected chi connectivity index (χ3v) is 1.84. The molecule has 0 spiro atoms. The first-order chi connectivity index (χ1) is 8.13. The third kappa shape index (κ3) is 4.42. The minimum absolute atomic E-state index is 0.0286. The minimum Gasteiger partial charge on any atom is -0.508 e. The molecule has 0 aliphatic carbocycles. The number of rotatable bonds is 5. The number of hydrogen-bond acceptors (Lipinski definition) is 6. The van der Waals surface area contributed by atoms with Crippen molar-refractivity contribution in [1.82, 2.24) is 5.43 Å². The zero-order chi connectivity index (χ0) is 12.7. The molecule has 0 aliphatic rings. The van der Waals surface area contributed by atoms with Crippen LogP contribution in [-0.2, 0) is 9.53 Å². The lowest BCUT2D eigenvalue weighted by molar-refractivity contribution is -0.141. The molecule has 6 heteroatoms. The average Bonchev–Trinajstić information content (AvgIpc) is 2.27. The Balaban J connectivity index is 2.45. The summed E-state index contributed by atoms with van der Waals surface area (Å²) in [6, 6.07) is 4.12. The molecule has 0 atom stereocenters. The van der Waals surface area contributed by atoms with Crippen LogP contribution in [0.4, 0.5) is 0 Å². The molecule has 17 heavy (non-hydrogen) atoms. The monoisotopic (exact) mass is 238 g/mol. The highest BCUT2D eigenvalue weighted by molar-refractivity contribution is 5.83. The van der Waals surface area contributed by atoms with E-state index in [0.717, 1.165) is 0 Å². The Morgan fingerprint density at radius 1 is 1.53 bits per heavy atom. The summed E-state index contributed by atoms with van der Waals surface area (Å²) in [5, 5.41) is 22.2. The van der Waals surface area contributed by atoms with Crippen molar-refractivity contribution in [3.63, 3.8) is 0 Å². The van der Waals surface area contributed by atoms with Gasteiger partial charge in [-0.05, 0) is 19.1 Å². The summed E-state index contributed by atoms with van der Waals surface area (Å²) in [7, 11) is 0. The molecular formula is C11H14N2O4. The predicted octanol–water partition coefficient (Wildman–Crippen LogP) is 0.584. The molecule has 0 aliphatic heterocycles. The quantitative estimate of drug-likeness (QED) is 0.396. The standard InChI is InChI=1S/C11H14N2O4/c1-2-17-11(16)7-13-12-6-8-3-4-9(14)5-10(8)15/h3-6,13-15H,2,7H2,1H3/b12-6+. The first kappa shape index (κ1) is 12.8. The first-order valence-electron chi connectivity index (χ1n) is 5.07. The highest BCUT2D eigenvalue weighted by atomic mass is 16.5. The van der Waals surface area contributed by atoms with Crippen molar-refractivity contribution in [2.75, 3.05) is 13.2 Å². The lowest BCUT2D eigenvalue weighted by Gasteiger charge is -2.01. The molecule has 0 amide bonds. The van der Waals surface area contributed by atoms with Crippen LogP contribution >= 0.6 is 0 Å². The first-order valence-corrected chi connectivity index (χ1v) is 5.07. The Bertz CT molecular complexity index is 418. The molecule has 1 aromatic carbocycles. The van der Waals surface area contributed by atoms with Crippen LogP contribution in [-0.4, -0.2) is 35.5 Å².